The molecule has 0 spiro atoms. The van der Waals surface area contributed by atoms with Crippen molar-refractivity contribution in [3.63, 3.8) is 0 Å². The van der Waals surface area contributed by atoms with Gasteiger partial charge in [-0.25, -0.2) is 0 Å². The monoisotopic (exact) mass is 1010 g/mol. The van der Waals surface area contributed by atoms with E-state index in [1.165, 1.54) is 0 Å². The van der Waals surface area contributed by atoms with Crippen molar-refractivity contribution in [2.24, 2.45) is 94.7 Å². The van der Waals surface area contributed by atoms with Gasteiger partial charge in [-0.3, -0.25) is 48.5 Å². The van der Waals surface area contributed by atoms with E-state index < -0.39 is 98.5 Å². The van der Waals surface area contributed by atoms with Crippen LogP contribution in [0.3, 0.4) is 0 Å². The Morgan fingerprint density at radius 1 is 0.710 bits per heavy atom. The Balaban J connectivity index is 0.00000630. The van der Waals surface area contributed by atoms with Gasteiger partial charge in [-0.1, -0.05) is 40.7 Å². The molecule has 0 aromatic carbocycles. The summed E-state index contributed by atoms with van der Waals surface area (Å²) in [5.74, 6) is -6.42. The number of carbonyl (C=O) groups excluding carboxylic acids is 7. The molecular weight excluding hydrogens is 934 g/mol. The van der Waals surface area contributed by atoms with Crippen molar-refractivity contribution in [1.82, 2.24) is 5.32 Å². The van der Waals surface area contributed by atoms with Crippen LogP contribution in [0, 0.1) is 45.3 Å². The number of primary amides is 6. The summed E-state index contributed by atoms with van der Waals surface area (Å²) >= 11 is 0. The molecule has 0 unspecified atom stereocenters. The fourth-order valence-corrected chi connectivity index (χ4v) is 12.2. The number of nitrogens with one attached hydrogen (secondary N) is 1. The standard InChI is InChI=1S/C48H73N11O8.Co.H2O/c1-23(60)22-55-38(67)16-17-45(6)29(18-35(52)64)43-48(9)47(8,21-37(54)66)28(12-15-34(51)63)40(59-48)25(3)42-46(7,20-36(53)65)26(10-13-32(49)61)30(56-42)19-31-44(4,5)27(11-14-33(50)62)39(57-31)24(2)41(45)58-43;;/h19,23,26-29,43,60H,10-18,20-22H2,1-9H3,(H14,49,50,51,52,53,54,55,56,57,58,59,61,62,63,64,65,66,67);;1H2/t23-,26-,27-,28-,29+,43-,45-,46+,47+,48+;;/m1../s1. The van der Waals surface area contributed by atoms with E-state index in [1.54, 1.807) is 6.92 Å². The van der Waals surface area contributed by atoms with Crippen LogP contribution in [0.5, 0.6) is 0 Å². The van der Waals surface area contributed by atoms with Gasteiger partial charge in [-0.2, -0.15) is 5.70 Å². The van der Waals surface area contributed by atoms with Gasteiger partial charge in [0.25, 0.3) is 0 Å². The zero-order chi connectivity index (χ0) is 50.4. The maximum absolute atomic E-state index is 13.5. The second kappa shape index (κ2) is 21.4. The number of nitrogens with zero attached hydrogens (tertiary/aromatic N) is 4. The summed E-state index contributed by atoms with van der Waals surface area (Å²) in [6, 6.07) is -0.923. The number of aliphatic imine (C=N–C) groups is 3. The minimum Gasteiger partial charge on any atom is -0.682 e. The van der Waals surface area contributed by atoms with E-state index in [0.717, 1.165) is 0 Å². The Hall–Kier alpha value is -5.25. The van der Waals surface area contributed by atoms with Crippen LogP contribution in [0.15, 0.2) is 49.3 Å². The first-order chi connectivity index (χ1) is 30.9. The molecule has 20 nitrogen and oxygen atoms in total. The molecule has 5 rings (SSSR count). The van der Waals surface area contributed by atoms with Gasteiger partial charge in [0.05, 0.1) is 17.3 Å². The van der Waals surface area contributed by atoms with E-state index in [4.69, 9.17) is 54.7 Å². The number of amides is 7. The molecule has 5 aliphatic heterocycles. The van der Waals surface area contributed by atoms with Crippen molar-refractivity contribution in [3.8, 4) is 0 Å². The summed E-state index contributed by atoms with van der Waals surface area (Å²) in [6.45, 7) is 16.8. The van der Waals surface area contributed by atoms with E-state index in [0.29, 0.717) is 51.8 Å². The largest absolute Gasteiger partial charge is 0.682 e. The number of rotatable bonds is 20. The Bertz CT molecular complexity index is 2320. The number of hydrogen-bond acceptors (Lipinski definition) is 11. The van der Waals surface area contributed by atoms with Gasteiger partial charge < -0.3 is 55.6 Å². The molecule has 1 fully saturated rings. The summed E-state index contributed by atoms with van der Waals surface area (Å²) in [6.07, 6.45) is 1.02. The third-order valence-corrected chi connectivity index (χ3v) is 16.0. The van der Waals surface area contributed by atoms with Crippen LogP contribution >= 0.6 is 0 Å². The van der Waals surface area contributed by atoms with Crippen molar-refractivity contribution < 1.29 is 60.9 Å². The first kappa shape index (κ1) is 58.1. The van der Waals surface area contributed by atoms with Crippen LogP contribution in [-0.2, 0) is 55.8 Å². The SMILES string of the molecule is C/C1=C2/[N-][C@H]([C@H](CC(N)=O)[C@@]2(C)CCC(=O)NC[C@@H](C)O)[C@]2(C)N=C(/C(C)=C3N=C(/C=C4N=C1[C@@H](CCC(N)=O)C\4(C)C)[C@@H](CCC(N)=O)[C@]\3(C)CC(N)=O)[C@@H](CCC(N)=O)[C@]2(C)CC(N)=O.[Co].[OH3+]. The maximum atomic E-state index is 13.5. The Morgan fingerprint density at radius 2 is 1.25 bits per heavy atom. The molecule has 17 N–H and O–H groups in total. The van der Waals surface area contributed by atoms with Gasteiger partial charge in [0.15, 0.2) is 0 Å². The average Bonchev–Trinajstić information content (AvgIpc) is 3.80. The first-order valence-corrected chi connectivity index (χ1v) is 23.2. The van der Waals surface area contributed by atoms with Gasteiger partial charge in [0.2, 0.25) is 41.4 Å². The van der Waals surface area contributed by atoms with Crippen molar-refractivity contribution >= 4 is 58.5 Å². The topological polar surface area (TPSA) is 392 Å². The number of allylic oxidation sites excluding steroid dienone is 6. The molecule has 5 heterocycles. The summed E-state index contributed by atoms with van der Waals surface area (Å²) < 4.78 is 0. The fraction of sp³-hybridized carbons (Fsp3) is 0.667. The molecule has 21 heteroatoms. The van der Waals surface area contributed by atoms with Crippen molar-refractivity contribution in [1.29, 1.82) is 0 Å². The smallest absolute Gasteiger partial charge is 0.220 e. The Kier molecular flexibility index (Phi) is 18.0. The minimum absolute atomic E-state index is 0. The quantitative estimate of drug-likeness (QED) is 0.0826. The number of nitrogens with two attached hydrogens (primary N) is 6. The summed E-state index contributed by atoms with van der Waals surface area (Å²) in [5.41, 5.74) is 34.4. The Morgan fingerprint density at radius 3 is 1.75 bits per heavy atom. The normalized spacial score (nSPS) is 34.1. The molecule has 0 saturated carbocycles. The second-order valence-electron chi connectivity index (χ2n) is 21.1. The molecule has 1 radical (unpaired) electrons. The number of fused-ring (bicyclic) bond motifs is 6. The van der Waals surface area contributed by atoms with Gasteiger partial charge in [0, 0.05) is 125 Å². The third-order valence-electron chi connectivity index (χ3n) is 16.0. The molecule has 7 amide bonds. The summed E-state index contributed by atoms with van der Waals surface area (Å²) in [5, 5.41) is 18.3. The average molecular weight is 1010 g/mol. The number of aliphatic hydroxyl groups is 1. The predicted octanol–water partition coefficient (Wildman–Crippen LogP) is 1.60. The van der Waals surface area contributed by atoms with E-state index in [2.05, 4.69) is 5.32 Å². The zero-order valence-electron chi connectivity index (χ0n) is 41.5. The van der Waals surface area contributed by atoms with Crippen LogP contribution in [0.2, 0.25) is 0 Å². The van der Waals surface area contributed by atoms with Gasteiger partial charge in [0.1, 0.15) is 0 Å². The van der Waals surface area contributed by atoms with Crippen LogP contribution in [0.25, 0.3) is 5.32 Å². The van der Waals surface area contributed by atoms with Crippen LogP contribution < -0.4 is 39.7 Å². The first-order valence-electron chi connectivity index (χ1n) is 23.2. The summed E-state index contributed by atoms with van der Waals surface area (Å²) in [4.78, 5) is 108. The van der Waals surface area contributed by atoms with Crippen molar-refractivity contribution in [3.05, 3.63) is 39.6 Å². The predicted molar refractivity (Wildman–Crippen MR) is 259 cm³/mol. The number of hydrogen-bond donors (Lipinski definition) is 8. The van der Waals surface area contributed by atoms with Gasteiger partial charge in [-0.15, -0.1) is 0 Å². The minimum atomic E-state index is -1.40. The van der Waals surface area contributed by atoms with Crippen LogP contribution in [0.1, 0.15) is 133 Å². The van der Waals surface area contributed by atoms with E-state index in [1.807, 2.05) is 61.5 Å². The molecule has 1 saturated heterocycles. The van der Waals surface area contributed by atoms with E-state index in [-0.39, 0.29) is 98.9 Å². The Labute approximate surface area is 414 Å². The number of carbonyl (C=O) groups is 7. The van der Waals surface area contributed by atoms with Crippen LogP contribution in [-0.4, -0.2) is 87.8 Å². The number of aliphatic hydroxyl groups excluding tert-OH is 1. The third kappa shape index (κ3) is 11.1. The molecule has 8 bridgehead atoms. The molecule has 385 valence electrons. The molecule has 0 aromatic heterocycles. The van der Waals surface area contributed by atoms with Crippen molar-refractivity contribution in [2.45, 2.75) is 151 Å². The molecule has 10 atom stereocenters. The molecular formula is C48H75CoN11O9. The molecule has 69 heavy (non-hydrogen) atoms. The van der Waals surface area contributed by atoms with Gasteiger partial charge >= 0.3 is 0 Å². The zero-order valence-corrected chi connectivity index (χ0v) is 42.5. The second-order valence-corrected chi connectivity index (χ2v) is 21.1. The van der Waals surface area contributed by atoms with Crippen molar-refractivity contribution in [2.75, 3.05) is 6.54 Å². The molecule has 5 aliphatic rings. The summed E-state index contributed by atoms with van der Waals surface area (Å²) in [7, 11) is 0. The van der Waals surface area contributed by atoms with E-state index in [9.17, 15) is 38.7 Å². The molecule has 0 aromatic rings. The fourth-order valence-electron chi connectivity index (χ4n) is 12.2. The van der Waals surface area contributed by atoms with E-state index >= 15 is 0 Å². The van der Waals surface area contributed by atoms with Crippen LogP contribution in [0.4, 0.5) is 0 Å². The van der Waals surface area contributed by atoms with Gasteiger partial charge in [-0.05, 0) is 81.9 Å². The maximum Gasteiger partial charge on any atom is 0.220 e. The molecule has 0 aliphatic carbocycles.